The van der Waals surface area contributed by atoms with Crippen molar-refractivity contribution in [3.8, 4) is 5.75 Å². The summed E-state index contributed by atoms with van der Waals surface area (Å²) in [7, 11) is 0. The van der Waals surface area contributed by atoms with Crippen LogP contribution in [-0.2, 0) is 4.74 Å². The summed E-state index contributed by atoms with van der Waals surface area (Å²) in [4.78, 5) is 0. The smallest absolute Gasteiger partial charge is 0.230 e. The summed E-state index contributed by atoms with van der Waals surface area (Å²) >= 11 is 0. The molecule has 1 radical (unpaired) electrons. The summed E-state index contributed by atoms with van der Waals surface area (Å²) in [6.07, 6.45) is 3.08. The van der Waals surface area contributed by atoms with Crippen molar-refractivity contribution < 1.29 is 9.47 Å². The minimum Gasteiger partial charge on any atom is -0.457 e. The average molecular weight is 145 g/mol. The molecule has 0 bridgehead atoms. The van der Waals surface area contributed by atoms with E-state index in [2.05, 4.69) is 6.08 Å². The fraction of sp³-hybridized carbons (Fsp3) is 0.111. The van der Waals surface area contributed by atoms with Gasteiger partial charge in [-0.25, -0.2) is 0 Å². The molecule has 1 aliphatic heterocycles. The minimum absolute atomic E-state index is 0.318. The van der Waals surface area contributed by atoms with Crippen molar-refractivity contribution in [3.63, 3.8) is 0 Å². The molecule has 53 valence electrons. The molecule has 2 heteroatoms. The molecule has 1 aliphatic carbocycles. The monoisotopic (exact) mass is 145 g/mol. The third-order valence-electron chi connectivity index (χ3n) is 1.92. The molecule has 0 N–H and O–H groups in total. The van der Waals surface area contributed by atoms with E-state index in [-0.39, 0.29) is 0 Å². The second-order valence-electron chi connectivity index (χ2n) is 2.54. The summed E-state index contributed by atoms with van der Waals surface area (Å²) in [6, 6.07) is 5.91. The van der Waals surface area contributed by atoms with Crippen LogP contribution in [-0.4, -0.2) is 6.79 Å². The fourth-order valence-corrected chi connectivity index (χ4v) is 1.37. The van der Waals surface area contributed by atoms with Crippen LogP contribution >= 0.6 is 0 Å². The predicted molar refractivity (Wildman–Crippen MR) is 38.8 cm³/mol. The molecule has 0 aromatic heterocycles. The van der Waals surface area contributed by atoms with E-state index in [1.54, 1.807) is 0 Å². The number of rotatable bonds is 0. The van der Waals surface area contributed by atoms with E-state index in [1.165, 1.54) is 0 Å². The summed E-state index contributed by atoms with van der Waals surface area (Å²) in [5, 5.41) is 0. The zero-order valence-electron chi connectivity index (χ0n) is 5.76. The van der Waals surface area contributed by atoms with E-state index in [9.17, 15) is 0 Å². The molecule has 0 atom stereocenters. The molecular formula is C9H5O2. The Morgan fingerprint density at radius 3 is 3.18 bits per heavy atom. The molecule has 0 fully saturated rings. The first kappa shape index (κ1) is 5.24. The molecule has 0 amide bonds. The Bertz CT molecular complexity index is 353. The van der Waals surface area contributed by atoms with Gasteiger partial charge in [0.2, 0.25) is 6.79 Å². The van der Waals surface area contributed by atoms with Crippen molar-refractivity contribution in [2.45, 2.75) is 0 Å². The van der Waals surface area contributed by atoms with Crippen molar-refractivity contribution in [2.75, 3.05) is 6.79 Å². The Kier molecular flexibility index (Phi) is 0.756. The van der Waals surface area contributed by atoms with Gasteiger partial charge in [-0.15, -0.1) is 0 Å². The van der Waals surface area contributed by atoms with Crippen molar-refractivity contribution in [1.29, 1.82) is 0 Å². The van der Waals surface area contributed by atoms with Gasteiger partial charge in [-0.1, -0.05) is 12.1 Å². The van der Waals surface area contributed by atoms with Gasteiger partial charge in [0, 0.05) is 11.6 Å². The van der Waals surface area contributed by atoms with Crippen molar-refractivity contribution in [2.24, 2.45) is 0 Å². The zero-order chi connectivity index (χ0) is 7.26. The lowest BCUT2D eigenvalue weighted by Gasteiger charge is -2.27. The van der Waals surface area contributed by atoms with Crippen molar-refractivity contribution in [1.82, 2.24) is 0 Å². The van der Waals surface area contributed by atoms with Crippen LogP contribution in [0.5, 0.6) is 5.75 Å². The third-order valence-corrected chi connectivity index (χ3v) is 1.92. The van der Waals surface area contributed by atoms with Gasteiger partial charge < -0.3 is 9.47 Å². The zero-order valence-corrected chi connectivity index (χ0v) is 5.76. The van der Waals surface area contributed by atoms with Gasteiger partial charge in [-0.05, 0) is 6.07 Å². The molecule has 0 saturated heterocycles. The van der Waals surface area contributed by atoms with Gasteiger partial charge >= 0.3 is 0 Å². The maximum Gasteiger partial charge on any atom is 0.230 e. The summed E-state index contributed by atoms with van der Waals surface area (Å²) in [6.45, 7) is 0.318. The second-order valence-corrected chi connectivity index (χ2v) is 2.54. The molecule has 1 heterocycles. The largest absolute Gasteiger partial charge is 0.457 e. The number of hydrogen-bond acceptors (Lipinski definition) is 2. The Morgan fingerprint density at radius 1 is 1.27 bits per heavy atom. The van der Waals surface area contributed by atoms with E-state index in [0.717, 1.165) is 22.6 Å². The molecule has 11 heavy (non-hydrogen) atoms. The first-order chi connectivity index (χ1) is 5.45. The maximum atomic E-state index is 5.25. The minimum atomic E-state index is 0.318. The quantitative estimate of drug-likeness (QED) is 0.551. The van der Waals surface area contributed by atoms with Crippen LogP contribution in [0.25, 0.3) is 5.76 Å². The lowest BCUT2D eigenvalue weighted by atomic mass is 9.94. The van der Waals surface area contributed by atoms with Gasteiger partial charge in [0.15, 0.2) is 0 Å². The normalized spacial score (nSPS) is 16.9. The summed E-state index contributed by atoms with van der Waals surface area (Å²) < 4.78 is 10.4. The SMILES string of the molecule is [C]1=C2OCOc3cccc1c32. The van der Waals surface area contributed by atoms with Crippen LogP contribution in [0.3, 0.4) is 0 Å². The molecule has 1 aromatic carbocycles. The van der Waals surface area contributed by atoms with Crippen LogP contribution in [0.15, 0.2) is 18.2 Å². The van der Waals surface area contributed by atoms with Crippen molar-refractivity contribution in [3.05, 3.63) is 35.4 Å². The van der Waals surface area contributed by atoms with E-state index in [4.69, 9.17) is 9.47 Å². The number of ether oxygens (including phenoxy) is 2. The first-order valence-corrected chi connectivity index (χ1v) is 3.48. The molecule has 1 aromatic rings. The van der Waals surface area contributed by atoms with E-state index >= 15 is 0 Å². The Balaban J connectivity index is 2.30. The van der Waals surface area contributed by atoms with E-state index in [0.29, 0.717) is 6.79 Å². The molecular weight excluding hydrogens is 140 g/mol. The molecule has 0 spiro atoms. The van der Waals surface area contributed by atoms with Gasteiger partial charge in [-0.2, -0.15) is 0 Å². The number of benzene rings is 1. The Hall–Kier alpha value is -1.44. The van der Waals surface area contributed by atoms with Gasteiger partial charge in [0.25, 0.3) is 0 Å². The van der Waals surface area contributed by atoms with E-state index in [1.807, 2.05) is 18.2 Å². The average Bonchev–Trinajstić information content (AvgIpc) is 2.01. The summed E-state index contributed by atoms with van der Waals surface area (Å²) in [5.74, 6) is 1.77. The molecule has 2 nitrogen and oxygen atoms in total. The highest BCUT2D eigenvalue weighted by Crippen LogP contribution is 2.40. The second kappa shape index (κ2) is 1.59. The highest BCUT2D eigenvalue weighted by molar-refractivity contribution is 5.79. The highest BCUT2D eigenvalue weighted by atomic mass is 16.7. The summed E-state index contributed by atoms with van der Waals surface area (Å²) in [5.41, 5.74) is 2.18. The van der Waals surface area contributed by atoms with Gasteiger partial charge in [0.05, 0.1) is 5.56 Å². The lowest BCUT2D eigenvalue weighted by molar-refractivity contribution is 0.0774. The van der Waals surface area contributed by atoms with Crippen LogP contribution < -0.4 is 4.74 Å². The predicted octanol–water partition coefficient (Wildman–Crippen LogP) is 1.56. The topological polar surface area (TPSA) is 18.5 Å². The van der Waals surface area contributed by atoms with Crippen LogP contribution in [0.4, 0.5) is 0 Å². The van der Waals surface area contributed by atoms with Gasteiger partial charge in [-0.3, -0.25) is 0 Å². The Labute approximate surface area is 64.1 Å². The van der Waals surface area contributed by atoms with Crippen molar-refractivity contribution >= 4 is 5.76 Å². The highest BCUT2D eigenvalue weighted by Gasteiger charge is 2.26. The third kappa shape index (κ3) is 0.522. The van der Waals surface area contributed by atoms with Crippen LogP contribution in [0.2, 0.25) is 0 Å². The maximum absolute atomic E-state index is 5.25. The lowest BCUT2D eigenvalue weighted by Crippen LogP contribution is -2.16. The fourth-order valence-electron chi connectivity index (χ4n) is 1.37. The van der Waals surface area contributed by atoms with E-state index < -0.39 is 0 Å². The number of hydrogen-bond donors (Lipinski definition) is 0. The molecule has 3 rings (SSSR count). The van der Waals surface area contributed by atoms with Crippen LogP contribution in [0, 0.1) is 6.08 Å². The molecule has 0 saturated carbocycles. The molecule has 2 aliphatic rings. The van der Waals surface area contributed by atoms with Crippen LogP contribution in [0.1, 0.15) is 11.1 Å². The van der Waals surface area contributed by atoms with Gasteiger partial charge in [0.1, 0.15) is 11.5 Å². The first-order valence-electron chi connectivity index (χ1n) is 3.48. The standard InChI is InChI=1S/C9H5O2/c1-2-6-4-8-9(6)7(3-1)10-5-11-8/h1-3H,5H2. The Morgan fingerprint density at radius 2 is 2.27 bits per heavy atom. The molecule has 0 unspecified atom stereocenters.